The highest BCUT2D eigenvalue weighted by Crippen LogP contribution is 2.47. The van der Waals surface area contributed by atoms with E-state index in [-0.39, 0.29) is 49.1 Å². The molecule has 0 saturated heterocycles. The summed E-state index contributed by atoms with van der Waals surface area (Å²) in [6, 6.07) is 11.6. The van der Waals surface area contributed by atoms with Gasteiger partial charge in [-0.3, -0.25) is 13.7 Å². The molecule has 0 heterocycles. The van der Waals surface area contributed by atoms with Crippen LogP contribution in [-0.4, -0.2) is 99.7 Å². The predicted molar refractivity (Wildman–Crippen MR) is 192 cm³/mol. The quantitative estimate of drug-likeness (QED) is 0.0743. The number of sulfone groups is 2. The summed E-state index contributed by atoms with van der Waals surface area (Å²) < 4.78 is 159. The molecule has 0 unspecified atom stereocenters. The average Bonchev–Trinajstić information content (AvgIpc) is 3.08. The van der Waals surface area contributed by atoms with Gasteiger partial charge in [-0.25, -0.2) is 25.2 Å². The Kier molecular flexibility index (Phi) is 13.0. The Balaban J connectivity index is 1.72. The van der Waals surface area contributed by atoms with Crippen molar-refractivity contribution in [2.75, 3.05) is 44.2 Å². The lowest BCUT2D eigenvalue weighted by molar-refractivity contribution is 0.282. The molecule has 0 amide bonds. The van der Waals surface area contributed by atoms with E-state index in [1.807, 2.05) is 0 Å². The molecule has 4 aromatic rings. The lowest BCUT2D eigenvalue weighted by Gasteiger charge is -2.13. The molecule has 4 aromatic carbocycles. The van der Waals surface area contributed by atoms with Gasteiger partial charge in [0.05, 0.1) is 53.0 Å². The Morgan fingerprint density at radius 1 is 0.636 bits per heavy atom. The maximum Gasteiger partial charge on any atom is 0.397 e. The van der Waals surface area contributed by atoms with Crippen LogP contribution in [0.1, 0.15) is 0 Å². The normalized spacial score (nSPS) is 13.2. The van der Waals surface area contributed by atoms with E-state index in [1.165, 1.54) is 31.3 Å². The van der Waals surface area contributed by atoms with E-state index in [0.29, 0.717) is 0 Å². The molecule has 55 heavy (non-hydrogen) atoms. The molecule has 0 aromatic heterocycles. The zero-order chi connectivity index (χ0) is 41.0. The number of azo groups is 2. The van der Waals surface area contributed by atoms with Crippen molar-refractivity contribution in [2.24, 2.45) is 20.5 Å². The van der Waals surface area contributed by atoms with Crippen molar-refractivity contribution in [1.29, 1.82) is 0 Å². The number of hydrogen-bond acceptors (Lipinski definition) is 19. The summed E-state index contributed by atoms with van der Waals surface area (Å²) in [6.07, 6.45) is 0. The molecule has 0 aliphatic rings. The van der Waals surface area contributed by atoms with Gasteiger partial charge in [-0.2, -0.15) is 30.4 Å². The summed E-state index contributed by atoms with van der Waals surface area (Å²) in [6.45, 7) is -1.74. The molecule has 0 atom stereocenters. The molecular weight excluding hydrogens is 839 g/mol. The van der Waals surface area contributed by atoms with Crippen LogP contribution in [0.3, 0.4) is 0 Å². The van der Waals surface area contributed by atoms with Crippen LogP contribution in [0.5, 0.6) is 11.5 Å². The van der Waals surface area contributed by atoms with Crippen molar-refractivity contribution in [3.63, 3.8) is 0 Å². The third-order valence-corrected chi connectivity index (χ3v) is 12.3. The highest BCUT2D eigenvalue weighted by Gasteiger charge is 2.25. The summed E-state index contributed by atoms with van der Waals surface area (Å²) in [5.74, 6) is -2.64. The molecule has 0 bridgehead atoms. The Hall–Kier alpha value is -4.71. The Morgan fingerprint density at radius 2 is 1.18 bits per heavy atom. The summed E-state index contributed by atoms with van der Waals surface area (Å²) in [5.41, 5.74) is -0.621. The van der Waals surface area contributed by atoms with Gasteiger partial charge in [0, 0.05) is 23.9 Å². The van der Waals surface area contributed by atoms with E-state index < -0.39 is 91.6 Å². The maximum absolute atomic E-state index is 12.6. The van der Waals surface area contributed by atoms with Gasteiger partial charge in [0.1, 0.15) is 27.7 Å². The van der Waals surface area contributed by atoms with Crippen LogP contribution in [0.15, 0.2) is 95.8 Å². The monoisotopic (exact) mass is 867 g/mol. The van der Waals surface area contributed by atoms with E-state index >= 15 is 0 Å². The number of hydrogen-bond donors (Lipinski definition) is 5. The van der Waals surface area contributed by atoms with E-state index in [1.54, 1.807) is 0 Å². The lowest BCUT2D eigenvalue weighted by atomic mass is 10.1. The van der Waals surface area contributed by atoms with Crippen LogP contribution in [-0.2, 0) is 59.0 Å². The largest absolute Gasteiger partial charge is 0.505 e. The fourth-order valence-corrected chi connectivity index (χ4v) is 8.24. The molecule has 0 radical (unpaired) electrons. The number of nitrogens with one attached hydrogen (secondary N) is 1. The third kappa shape index (κ3) is 11.2. The minimum absolute atomic E-state index is 0.0524. The number of aromatic hydroxyl groups is 1. The molecule has 27 heteroatoms. The van der Waals surface area contributed by atoms with E-state index in [2.05, 4.69) is 34.1 Å². The second-order valence-corrected chi connectivity index (χ2v) is 18.5. The van der Waals surface area contributed by atoms with Gasteiger partial charge in [-0.1, -0.05) is 0 Å². The summed E-state index contributed by atoms with van der Waals surface area (Å²) >= 11 is 0. The number of rotatable bonds is 17. The molecule has 0 saturated carbocycles. The minimum Gasteiger partial charge on any atom is -0.505 e. The number of nitrogens with zero attached hydrogens (tertiary/aromatic N) is 4. The summed E-state index contributed by atoms with van der Waals surface area (Å²) in [4.78, 5) is -1.55. The molecule has 22 nitrogen and oxygen atoms in total. The highest BCUT2D eigenvalue weighted by molar-refractivity contribution is 7.91. The fraction of sp³-hybridized carbons (Fsp3) is 0.214. The molecule has 0 aliphatic carbocycles. The van der Waals surface area contributed by atoms with Crippen LogP contribution in [0, 0.1) is 0 Å². The Labute approximate surface area is 314 Å². The maximum atomic E-state index is 12.6. The van der Waals surface area contributed by atoms with Crippen molar-refractivity contribution >= 4 is 89.8 Å². The summed E-state index contributed by atoms with van der Waals surface area (Å²) in [5, 5.41) is 29.9. The number of phenolic OH excluding ortho intramolecular Hbond substituents is 1. The number of anilines is 1. The average molecular weight is 868 g/mol. The van der Waals surface area contributed by atoms with Gasteiger partial charge in [-0.15, -0.1) is 15.3 Å². The van der Waals surface area contributed by atoms with Gasteiger partial charge in [0.2, 0.25) is 0 Å². The standard InChI is InChI=1S/C28H29N5O17S5/c1-29-23-10-8-20-21(26(23)32-30-17-3-5-18(6-4-17)51(35,36)13-11-49-54(42,43)44)16-25(53(39,40)41)27(28(20)34)33-31-22-9-7-19(15-24(22)48-2)52(37,38)14-12-50-55(45,46)47/h3-10,15-16,29,34H,11-14H2,1-2H3,(H,39,40,41)(H,42,43,44)(H,45,46,47). The second-order valence-electron chi connectivity index (χ2n) is 10.7. The van der Waals surface area contributed by atoms with E-state index in [4.69, 9.17) is 13.8 Å². The van der Waals surface area contributed by atoms with Crippen molar-refractivity contribution in [1.82, 2.24) is 0 Å². The molecule has 5 N–H and O–H groups in total. The van der Waals surface area contributed by atoms with Crippen LogP contribution in [0.4, 0.5) is 28.4 Å². The van der Waals surface area contributed by atoms with Crippen molar-refractivity contribution in [3.8, 4) is 11.5 Å². The zero-order valence-corrected chi connectivity index (χ0v) is 32.1. The van der Waals surface area contributed by atoms with Gasteiger partial charge in [-0.05, 0) is 54.6 Å². The number of methoxy groups -OCH3 is 1. The second kappa shape index (κ2) is 16.6. The number of phenols is 1. The first kappa shape index (κ1) is 43.0. The van der Waals surface area contributed by atoms with Crippen molar-refractivity contribution in [2.45, 2.75) is 14.7 Å². The first-order valence-electron chi connectivity index (χ1n) is 14.7. The Morgan fingerprint density at radius 3 is 1.71 bits per heavy atom. The molecule has 0 aliphatic heterocycles. The molecular formula is C28H29N5O17S5. The summed E-state index contributed by atoms with van der Waals surface area (Å²) in [7, 11) is -20.5. The van der Waals surface area contributed by atoms with Gasteiger partial charge >= 0.3 is 20.8 Å². The molecule has 4 rings (SSSR count). The van der Waals surface area contributed by atoms with E-state index in [0.717, 1.165) is 43.5 Å². The first-order valence-corrected chi connectivity index (χ1v) is 22.2. The lowest BCUT2D eigenvalue weighted by Crippen LogP contribution is -2.15. The van der Waals surface area contributed by atoms with E-state index in [9.17, 15) is 51.7 Å². The highest BCUT2D eigenvalue weighted by atomic mass is 32.3. The van der Waals surface area contributed by atoms with Crippen molar-refractivity contribution < 1.29 is 74.0 Å². The van der Waals surface area contributed by atoms with Crippen LogP contribution < -0.4 is 10.1 Å². The molecule has 0 spiro atoms. The number of benzene rings is 4. The topological polar surface area (TPSA) is 341 Å². The van der Waals surface area contributed by atoms with Gasteiger partial charge < -0.3 is 15.2 Å². The molecule has 0 fully saturated rings. The SMILES string of the molecule is CNc1ccc2c(O)c(N=Nc3ccc(S(=O)(=O)CCOS(=O)(=O)O)cc3OC)c(S(=O)(=O)O)cc2c1N=Nc1ccc(S(=O)(=O)CCOS(=O)(=O)O)cc1. The Bertz CT molecular complexity index is 2740. The first-order chi connectivity index (χ1) is 25.5. The predicted octanol–water partition coefficient (Wildman–Crippen LogP) is 3.86. The van der Waals surface area contributed by atoms with Crippen LogP contribution in [0.2, 0.25) is 0 Å². The van der Waals surface area contributed by atoms with Gasteiger partial charge in [0.15, 0.2) is 25.4 Å². The smallest absolute Gasteiger partial charge is 0.397 e. The van der Waals surface area contributed by atoms with Crippen molar-refractivity contribution in [3.05, 3.63) is 60.7 Å². The zero-order valence-electron chi connectivity index (χ0n) is 28.0. The molecule has 298 valence electrons. The number of ether oxygens (including phenoxy) is 1. The fourth-order valence-electron chi connectivity index (χ4n) is 4.61. The van der Waals surface area contributed by atoms with Crippen LogP contribution in [0.25, 0.3) is 10.8 Å². The third-order valence-electron chi connectivity index (χ3n) is 7.15. The van der Waals surface area contributed by atoms with Crippen LogP contribution >= 0.6 is 0 Å². The van der Waals surface area contributed by atoms with Gasteiger partial charge in [0.25, 0.3) is 10.1 Å². The number of fused-ring (bicyclic) bond motifs is 1. The minimum atomic E-state index is -5.15.